The van der Waals surface area contributed by atoms with Crippen LogP contribution in [0.3, 0.4) is 0 Å². The lowest BCUT2D eigenvalue weighted by molar-refractivity contribution is 0.0714. The predicted molar refractivity (Wildman–Crippen MR) is 110 cm³/mol. The molecule has 7 nitrogen and oxygen atoms in total. The fraction of sp³-hybridized carbons (Fsp3) is 0.286. The van der Waals surface area contributed by atoms with E-state index in [0.29, 0.717) is 17.1 Å². The first-order valence-electron chi connectivity index (χ1n) is 9.50. The second-order valence-corrected chi connectivity index (χ2v) is 6.99. The van der Waals surface area contributed by atoms with Gasteiger partial charge in [0.2, 0.25) is 0 Å². The smallest absolute Gasteiger partial charge is 0.323 e. The van der Waals surface area contributed by atoms with Gasteiger partial charge in [-0.05, 0) is 30.7 Å². The summed E-state index contributed by atoms with van der Waals surface area (Å²) in [5.74, 6) is -0.0971. The van der Waals surface area contributed by atoms with E-state index in [1.807, 2.05) is 47.4 Å². The number of fused-ring (bicyclic) bond motifs is 1. The number of piperidine rings is 1. The van der Waals surface area contributed by atoms with Crippen molar-refractivity contribution in [2.24, 2.45) is 7.05 Å². The summed E-state index contributed by atoms with van der Waals surface area (Å²) in [4.78, 5) is 27.3. The van der Waals surface area contributed by atoms with E-state index >= 15 is 0 Å². The van der Waals surface area contributed by atoms with Crippen molar-refractivity contribution >= 4 is 34.1 Å². The Hall–Kier alpha value is -3.35. The van der Waals surface area contributed by atoms with Crippen molar-refractivity contribution in [2.75, 3.05) is 23.7 Å². The van der Waals surface area contributed by atoms with Gasteiger partial charge in [0.1, 0.15) is 5.69 Å². The largest absolute Gasteiger partial charge is 0.337 e. The van der Waals surface area contributed by atoms with Crippen molar-refractivity contribution in [1.29, 1.82) is 0 Å². The van der Waals surface area contributed by atoms with Gasteiger partial charge in [0, 0.05) is 25.5 Å². The highest BCUT2D eigenvalue weighted by molar-refractivity contribution is 6.08. The van der Waals surface area contributed by atoms with E-state index in [4.69, 9.17) is 0 Å². The number of nitrogens with zero attached hydrogens (tertiary/aromatic N) is 3. The quantitative estimate of drug-likeness (QED) is 0.728. The average Bonchev–Trinajstić information content (AvgIpc) is 3.08. The molecule has 1 aliphatic rings. The number of nitrogens with one attached hydrogen (secondary N) is 2. The van der Waals surface area contributed by atoms with Crippen molar-refractivity contribution in [3.05, 3.63) is 54.4 Å². The van der Waals surface area contributed by atoms with E-state index in [-0.39, 0.29) is 5.91 Å². The zero-order chi connectivity index (χ0) is 19.5. The summed E-state index contributed by atoms with van der Waals surface area (Å²) in [5, 5.41) is 11.8. The number of carbonyl (C=O) groups excluding carboxylic acids is 2. The van der Waals surface area contributed by atoms with Crippen molar-refractivity contribution in [1.82, 2.24) is 14.7 Å². The molecule has 0 atom stereocenters. The SMILES string of the molecule is Cn1ncc(NC(=O)Nc2cccc3ccccc23)c1C(=O)N1CCCCC1. The van der Waals surface area contributed by atoms with E-state index in [2.05, 4.69) is 15.7 Å². The maximum atomic E-state index is 12.9. The van der Waals surface area contributed by atoms with E-state index in [9.17, 15) is 9.59 Å². The van der Waals surface area contributed by atoms with Gasteiger partial charge in [-0.15, -0.1) is 0 Å². The molecule has 1 aliphatic heterocycles. The molecule has 7 heteroatoms. The number of benzene rings is 2. The third-order valence-electron chi connectivity index (χ3n) is 5.07. The molecule has 0 spiro atoms. The van der Waals surface area contributed by atoms with Crippen molar-refractivity contribution in [3.63, 3.8) is 0 Å². The lowest BCUT2D eigenvalue weighted by Gasteiger charge is -2.27. The van der Waals surface area contributed by atoms with Crippen LogP contribution in [0.5, 0.6) is 0 Å². The fourth-order valence-corrected chi connectivity index (χ4v) is 3.64. The second kappa shape index (κ2) is 7.72. The molecule has 2 aromatic carbocycles. The predicted octanol–water partition coefficient (Wildman–Crippen LogP) is 3.84. The number of hydrogen-bond donors (Lipinski definition) is 2. The van der Waals surface area contributed by atoms with Gasteiger partial charge in [0.05, 0.1) is 17.6 Å². The van der Waals surface area contributed by atoms with Gasteiger partial charge in [-0.2, -0.15) is 5.10 Å². The van der Waals surface area contributed by atoms with Crippen LogP contribution >= 0.6 is 0 Å². The Morgan fingerprint density at radius 2 is 1.64 bits per heavy atom. The summed E-state index contributed by atoms with van der Waals surface area (Å²) in [5.41, 5.74) is 1.52. The third-order valence-corrected chi connectivity index (χ3v) is 5.07. The van der Waals surface area contributed by atoms with Gasteiger partial charge in [-0.25, -0.2) is 4.79 Å². The number of aryl methyl sites for hydroxylation is 1. The summed E-state index contributed by atoms with van der Waals surface area (Å²) in [6.07, 6.45) is 4.68. The number of urea groups is 1. The number of aromatic nitrogens is 2. The van der Waals surface area contributed by atoms with Crippen molar-refractivity contribution in [2.45, 2.75) is 19.3 Å². The monoisotopic (exact) mass is 377 g/mol. The summed E-state index contributed by atoms with van der Waals surface area (Å²) < 4.78 is 1.52. The number of anilines is 2. The summed E-state index contributed by atoms with van der Waals surface area (Å²) in [7, 11) is 1.71. The minimum atomic E-state index is -0.406. The Bertz CT molecular complexity index is 1020. The number of carbonyl (C=O) groups is 2. The van der Waals surface area contributed by atoms with Crippen LogP contribution in [-0.2, 0) is 7.05 Å². The Morgan fingerprint density at radius 3 is 2.46 bits per heavy atom. The third kappa shape index (κ3) is 3.55. The lowest BCUT2D eigenvalue weighted by atomic mass is 10.1. The summed E-state index contributed by atoms with van der Waals surface area (Å²) in [6.45, 7) is 1.48. The Balaban J connectivity index is 1.53. The fourth-order valence-electron chi connectivity index (χ4n) is 3.64. The van der Waals surface area contributed by atoms with Crippen LogP contribution in [0.1, 0.15) is 29.8 Å². The van der Waals surface area contributed by atoms with E-state index in [1.54, 1.807) is 7.05 Å². The molecule has 0 radical (unpaired) electrons. The normalized spacial score (nSPS) is 14.1. The molecule has 1 fully saturated rings. The number of hydrogen-bond acceptors (Lipinski definition) is 3. The molecular formula is C21H23N5O2. The van der Waals surface area contributed by atoms with Crippen LogP contribution in [0.2, 0.25) is 0 Å². The standard InChI is InChI=1S/C21H23N5O2/c1-25-19(20(27)26-12-5-2-6-13-26)18(14-22-25)24-21(28)23-17-11-7-9-15-8-3-4-10-16(15)17/h3-4,7-11,14H,2,5-6,12-13H2,1H3,(H2,23,24,28). The molecule has 1 saturated heterocycles. The van der Waals surface area contributed by atoms with Gasteiger partial charge >= 0.3 is 6.03 Å². The molecule has 144 valence electrons. The molecule has 28 heavy (non-hydrogen) atoms. The molecule has 0 saturated carbocycles. The van der Waals surface area contributed by atoms with Crippen LogP contribution < -0.4 is 10.6 Å². The molecule has 2 N–H and O–H groups in total. The molecule has 0 unspecified atom stereocenters. The van der Waals surface area contributed by atoms with Crippen LogP contribution in [0.25, 0.3) is 10.8 Å². The average molecular weight is 377 g/mol. The van der Waals surface area contributed by atoms with E-state index < -0.39 is 6.03 Å². The summed E-state index contributed by atoms with van der Waals surface area (Å²) >= 11 is 0. The van der Waals surface area contributed by atoms with E-state index in [0.717, 1.165) is 43.1 Å². The zero-order valence-corrected chi connectivity index (χ0v) is 15.8. The Kier molecular flexibility index (Phi) is 4.97. The molecule has 3 amide bonds. The molecular weight excluding hydrogens is 354 g/mol. The summed E-state index contributed by atoms with van der Waals surface area (Å²) in [6, 6.07) is 13.2. The van der Waals surface area contributed by atoms with Gasteiger partial charge in [-0.3, -0.25) is 9.48 Å². The highest BCUT2D eigenvalue weighted by Gasteiger charge is 2.25. The first-order chi connectivity index (χ1) is 13.6. The lowest BCUT2D eigenvalue weighted by Crippen LogP contribution is -2.37. The minimum absolute atomic E-state index is 0.0971. The van der Waals surface area contributed by atoms with Crippen LogP contribution in [0.15, 0.2) is 48.7 Å². The Morgan fingerprint density at radius 1 is 0.929 bits per heavy atom. The zero-order valence-electron chi connectivity index (χ0n) is 15.8. The van der Waals surface area contributed by atoms with Crippen LogP contribution in [0, 0.1) is 0 Å². The van der Waals surface area contributed by atoms with Crippen LogP contribution in [0.4, 0.5) is 16.2 Å². The molecule has 3 aromatic rings. The number of likely N-dealkylation sites (tertiary alicyclic amines) is 1. The van der Waals surface area contributed by atoms with Gasteiger partial charge < -0.3 is 15.5 Å². The number of amides is 3. The molecule has 1 aromatic heterocycles. The van der Waals surface area contributed by atoms with Crippen LogP contribution in [-0.4, -0.2) is 39.7 Å². The topological polar surface area (TPSA) is 79.3 Å². The molecule has 4 rings (SSSR count). The maximum absolute atomic E-state index is 12.9. The molecule has 0 bridgehead atoms. The number of rotatable bonds is 3. The Labute approximate surface area is 163 Å². The van der Waals surface area contributed by atoms with E-state index in [1.165, 1.54) is 10.9 Å². The molecule has 0 aliphatic carbocycles. The minimum Gasteiger partial charge on any atom is -0.337 e. The maximum Gasteiger partial charge on any atom is 0.323 e. The van der Waals surface area contributed by atoms with Crippen molar-refractivity contribution < 1.29 is 9.59 Å². The second-order valence-electron chi connectivity index (χ2n) is 6.99. The highest BCUT2D eigenvalue weighted by atomic mass is 16.2. The van der Waals surface area contributed by atoms with Gasteiger partial charge in [0.25, 0.3) is 5.91 Å². The first-order valence-corrected chi connectivity index (χ1v) is 9.50. The molecule has 2 heterocycles. The highest BCUT2D eigenvalue weighted by Crippen LogP contribution is 2.24. The van der Waals surface area contributed by atoms with Gasteiger partial charge in [0.15, 0.2) is 0 Å². The van der Waals surface area contributed by atoms with Crippen molar-refractivity contribution in [3.8, 4) is 0 Å². The first kappa shape index (κ1) is 18.0. The van der Waals surface area contributed by atoms with Gasteiger partial charge in [-0.1, -0.05) is 36.4 Å².